The van der Waals surface area contributed by atoms with Crippen molar-refractivity contribution in [1.29, 1.82) is 0 Å². The van der Waals surface area contributed by atoms with E-state index in [4.69, 9.17) is 4.52 Å². The highest BCUT2D eigenvalue weighted by atomic mass is 16.5. The Morgan fingerprint density at radius 3 is 2.71 bits per heavy atom. The largest absolute Gasteiger partial charge is 0.339 e. The summed E-state index contributed by atoms with van der Waals surface area (Å²) in [6.45, 7) is 10.6. The van der Waals surface area contributed by atoms with E-state index < -0.39 is 0 Å². The molecule has 0 saturated carbocycles. The SMILES string of the molecule is CCCc1nc(C(C)(C)N2CCNCC2)no1. The molecule has 0 aliphatic carbocycles. The fourth-order valence-corrected chi connectivity index (χ4v) is 2.18. The van der Waals surface area contributed by atoms with Crippen LogP contribution in [-0.4, -0.2) is 41.2 Å². The van der Waals surface area contributed by atoms with E-state index >= 15 is 0 Å². The average Bonchev–Trinajstić information content (AvgIpc) is 2.80. The first-order valence-corrected chi connectivity index (χ1v) is 6.43. The van der Waals surface area contributed by atoms with Gasteiger partial charge in [0, 0.05) is 32.6 Å². The number of hydrogen-bond acceptors (Lipinski definition) is 5. The molecule has 17 heavy (non-hydrogen) atoms. The first-order valence-electron chi connectivity index (χ1n) is 6.43. The van der Waals surface area contributed by atoms with Gasteiger partial charge in [0.25, 0.3) is 0 Å². The molecule has 1 fully saturated rings. The van der Waals surface area contributed by atoms with Gasteiger partial charge >= 0.3 is 0 Å². The molecule has 1 aliphatic rings. The Morgan fingerprint density at radius 1 is 1.35 bits per heavy atom. The normalized spacial score (nSPS) is 18.5. The molecular formula is C12H22N4O. The maximum atomic E-state index is 5.28. The highest BCUT2D eigenvalue weighted by Crippen LogP contribution is 2.25. The quantitative estimate of drug-likeness (QED) is 0.853. The fraction of sp³-hybridized carbons (Fsp3) is 0.833. The zero-order chi connectivity index (χ0) is 12.3. The van der Waals surface area contributed by atoms with Gasteiger partial charge in [-0.05, 0) is 20.3 Å². The summed E-state index contributed by atoms with van der Waals surface area (Å²) >= 11 is 0. The molecule has 5 heteroatoms. The maximum Gasteiger partial charge on any atom is 0.226 e. The lowest BCUT2D eigenvalue weighted by Gasteiger charge is -2.38. The zero-order valence-corrected chi connectivity index (χ0v) is 11.0. The summed E-state index contributed by atoms with van der Waals surface area (Å²) in [6, 6.07) is 0. The van der Waals surface area contributed by atoms with Crippen LogP contribution in [0.15, 0.2) is 4.52 Å². The van der Waals surface area contributed by atoms with Gasteiger partial charge in [-0.25, -0.2) is 0 Å². The Labute approximate surface area is 103 Å². The van der Waals surface area contributed by atoms with E-state index in [0.29, 0.717) is 0 Å². The Kier molecular flexibility index (Phi) is 3.79. The number of aryl methyl sites for hydroxylation is 1. The molecule has 0 atom stereocenters. The third-order valence-corrected chi connectivity index (χ3v) is 3.39. The molecule has 5 nitrogen and oxygen atoms in total. The number of nitrogens with one attached hydrogen (secondary N) is 1. The Balaban J connectivity index is 2.11. The van der Waals surface area contributed by atoms with Crippen LogP contribution < -0.4 is 5.32 Å². The molecule has 0 aromatic carbocycles. The van der Waals surface area contributed by atoms with Crippen molar-refractivity contribution in [3.63, 3.8) is 0 Å². The number of nitrogens with zero attached hydrogens (tertiary/aromatic N) is 3. The molecule has 2 heterocycles. The summed E-state index contributed by atoms with van der Waals surface area (Å²) in [5.41, 5.74) is -0.141. The zero-order valence-electron chi connectivity index (χ0n) is 11.0. The molecule has 2 rings (SSSR count). The van der Waals surface area contributed by atoms with Gasteiger partial charge in [-0.3, -0.25) is 4.90 Å². The number of hydrogen-bond donors (Lipinski definition) is 1. The van der Waals surface area contributed by atoms with Crippen LogP contribution in [0.5, 0.6) is 0 Å². The van der Waals surface area contributed by atoms with Gasteiger partial charge in [0.05, 0.1) is 5.54 Å². The smallest absolute Gasteiger partial charge is 0.226 e. The summed E-state index contributed by atoms with van der Waals surface area (Å²) in [4.78, 5) is 6.91. The van der Waals surface area contributed by atoms with Crippen molar-refractivity contribution >= 4 is 0 Å². The third kappa shape index (κ3) is 2.66. The Bertz CT molecular complexity index is 355. The molecule has 0 spiro atoms. The minimum Gasteiger partial charge on any atom is -0.339 e. The van der Waals surface area contributed by atoms with Gasteiger partial charge in [-0.1, -0.05) is 12.1 Å². The topological polar surface area (TPSA) is 54.2 Å². The highest BCUT2D eigenvalue weighted by molar-refractivity contribution is 5.03. The fourth-order valence-electron chi connectivity index (χ4n) is 2.18. The van der Waals surface area contributed by atoms with E-state index in [1.807, 2.05) is 0 Å². The van der Waals surface area contributed by atoms with E-state index in [0.717, 1.165) is 50.7 Å². The minimum atomic E-state index is -0.141. The van der Waals surface area contributed by atoms with Crippen LogP contribution in [0.2, 0.25) is 0 Å². The molecule has 0 unspecified atom stereocenters. The van der Waals surface area contributed by atoms with Crippen molar-refractivity contribution in [3.8, 4) is 0 Å². The van der Waals surface area contributed by atoms with Gasteiger partial charge in [-0.2, -0.15) is 4.98 Å². The van der Waals surface area contributed by atoms with E-state index in [9.17, 15) is 0 Å². The van der Waals surface area contributed by atoms with Gasteiger partial charge < -0.3 is 9.84 Å². The lowest BCUT2D eigenvalue weighted by molar-refractivity contribution is 0.0924. The monoisotopic (exact) mass is 238 g/mol. The van der Waals surface area contributed by atoms with Gasteiger partial charge in [0.2, 0.25) is 5.89 Å². The second-order valence-electron chi connectivity index (χ2n) is 5.06. The lowest BCUT2D eigenvalue weighted by atomic mass is 10.0. The molecule has 0 amide bonds. The van der Waals surface area contributed by atoms with E-state index in [1.165, 1.54) is 0 Å². The summed E-state index contributed by atoms with van der Waals surface area (Å²) in [5.74, 6) is 1.56. The van der Waals surface area contributed by atoms with Crippen LogP contribution in [0, 0.1) is 0 Å². The standard InChI is InChI=1S/C12H22N4O/c1-4-5-10-14-11(15-17-10)12(2,3)16-8-6-13-7-9-16/h13H,4-9H2,1-3H3. The first kappa shape index (κ1) is 12.5. The van der Waals surface area contributed by atoms with Gasteiger partial charge in [0.15, 0.2) is 5.82 Å². The molecular weight excluding hydrogens is 216 g/mol. The lowest BCUT2D eigenvalue weighted by Crippen LogP contribution is -2.52. The van der Waals surface area contributed by atoms with E-state index in [2.05, 4.69) is 41.1 Å². The van der Waals surface area contributed by atoms with Crippen LogP contribution in [0.25, 0.3) is 0 Å². The second-order valence-corrected chi connectivity index (χ2v) is 5.06. The van der Waals surface area contributed by atoms with E-state index in [1.54, 1.807) is 0 Å². The average molecular weight is 238 g/mol. The predicted octanol–water partition coefficient (Wildman–Crippen LogP) is 1.16. The van der Waals surface area contributed by atoms with Crippen LogP contribution in [-0.2, 0) is 12.0 Å². The van der Waals surface area contributed by atoms with Crippen molar-refractivity contribution in [1.82, 2.24) is 20.4 Å². The Hall–Kier alpha value is -0.940. The molecule has 0 radical (unpaired) electrons. The number of piperazine rings is 1. The predicted molar refractivity (Wildman–Crippen MR) is 65.8 cm³/mol. The van der Waals surface area contributed by atoms with Crippen molar-refractivity contribution in [2.24, 2.45) is 0 Å². The summed E-state index contributed by atoms with van der Waals surface area (Å²) in [5, 5.41) is 7.49. The summed E-state index contributed by atoms with van der Waals surface area (Å²) in [6.07, 6.45) is 1.90. The van der Waals surface area contributed by atoms with Crippen molar-refractivity contribution in [2.75, 3.05) is 26.2 Å². The molecule has 1 saturated heterocycles. The molecule has 1 aliphatic heterocycles. The van der Waals surface area contributed by atoms with Crippen LogP contribution in [0.3, 0.4) is 0 Å². The molecule has 96 valence electrons. The number of aromatic nitrogens is 2. The van der Waals surface area contributed by atoms with Crippen LogP contribution in [0.1, 0.15) is 38.9 Å². The van der Waals surface area contributed by atoms with Crippen molar-refractivity contribution in [3.05, 3.63) is 11.7 Å². The van der Waals surface area contributed by atoms with Crippen molar-refractivity contribution in [2.45, 2.75) is 39.2 Å². The second kappa shape index (κ2) is 5.14. The maximum absolute atomic E-state index is 5.28. The Morgan fingerprint density at radius 2 is 2.06 bits per heavy atom. The summed E-state index contributed by atoms with van der Waals surface area (Å²) in [7, 11) is 0. The highest BCUT2D eigenvalue weighted by Gasteiger charge is 2.34. The van der Waals surface area contributed by atoms with E-state index in [-0.39, 0.29) is 5.54 Å². The van der Waals surface area contributed by atoms with Gasteiger partial charge in [-0.15, -0.1) is 0 Å². The molecule has 1 aromatic heterocycles. The molecule has 0 bridgehead atoms. The summed E-state index contributed by atoms with van der Waals surface area (Å²) < 4.78 is 5.28. The minimum absolute atomic E-state index is 0.141. The molecule has 1 N–H and O–H groups in total. The first-order chi connectivity index (χ1) is 8.14. The van der Waals surface area contributed by atoms with Crippen LogP contribution in [0.4, 0.5) is 0 Å². The van der Waals surface area contributed by atoms with Crippen molar-refractivity contribution < 1.29 is 4.52 Å². The molecule has 1 aromatic rings. The third-order valence-electron chi connectivity index (χ3n) is 3.39. The van der Waals surface area contributed by atoms with Crippen LogP contribution >= 0.6 is 0 Å². The number of rotatable bonds is 4. The van der Waals surface area contributed by atoms with Gasteiger partial charge in [0.1, 0.15) is 0 Å².